The van der Waals surface area contributed by atoms with Crippen LogP contribution in [0.1, 0.15) is 47.8 Å². The summed E-state index contributed by atoms with van der Waals surface area (Å²) < 4.78 is 5.77. The highest BCUT2D eigenvalue weighted by Crippen LogP contribution is 2.40. The van der Waals surface area contributed by atoms with E-state index in [1.165, 1.54) is 38.8 Å². The first-order valence-corrected chi connectivity index (χ1v) is 8.70. The fraction of sp³-hybridized carbons (Fsp3) is 0.556. The number of benzene rings is 1. The van der Waals surface area contributed by atoms with Crippen LogP contribution in [0.2, 0.25) is 0 Å². The normalized spacial score (nSPS) is 29.8. The van der Waals surface area contributed by atoms with Gasteiger partial charge in [-0.15, -0.1) is 0 Å². The van der Waals surface area contributed by atoms with Gasteiger partial charge in [-0.3, -0.25) is 4.79 Å². The number of carbonyl (C=O) groups is 1. The van der Waals surface area contributed by atoms with E-state index in [9.17, 15) is 4.79 Å². The van der Waals surface area contributed by atoms with Crippen molar-refractivity contribution in [2.45, 2.75) is 37.6 Å². The third kappa shape index (κ3) is 2.43. The fourth-order valence-corrected chi connectivity index (χ4v) is 3.97. The molecular weight excluding hydrogens is 290 g/mol. The van der Waals surface area contributed by atoms with E-state index in [-0.39, 0.29) is 5.91 Å². The van der Waals surface area contributed by atoms with Crippen LogP contribution in [0, 0.1) is 5.92 Å². The summed E-state index contributed by atoms with van der Waals surface area (Å²) in [4.78, 5) is 19.6. The Morgan fingerprint density at radius 1 is 1.22 bits per heavy atom. The molecule has 1 saturated carbocycles. The van der Waals surface area contributed by atoms with Crippen molar-refractivity contribution in [3.05, 3.63) is 29.7 Å². The van der Waals surface area contributed by atoms with Gasteiger partial charge in [0.2, 0.25) is 0 Å². The molecule has 5 nitrogen and oxygen atoms in total. The first kappa shape index (κ1) is 13.5. The molecule has 120 valence electrons. The van der Waals surface area contributed by atoms with E-state index in [0.717, 1.165) is 23.5 Å². The van der Waals surface area contributed by atoms with E-state index in [2.05, 4.69) is 15.2 Å². The molecule has 6 rings (SSSR count). The molecule has 2 bridgehead atoms. The number of carbonyl (C=O) groups excluding carboxylic acids is 1. The van der Waals surface area contributed by atoms with Gasteiger partial charge >= 0.3 is 0 Å². The molecule has 1 aromatic carbocycles. The summed E-state index contributed by atoms with van der Waals surface area (Å²) in [7, 11) is 0. The maximum atomic E-state index is 12.6. The highest BCUT2D eigenvalue weighted by Gasteiger charge is 2.35. The first-order chi connectivity index (χ1) is 11.3. The lowest BCUT2D eigenvalue weighted by molar-refractivity contribution is 0.0620. The van der Waals surface area contributed by atoms with Crippen LogP contribution < -0.4 is 5.32 Å². The van der Waals surface area contributed by atoms with Crippen molar-refractivity contribution < 1.29 is 9.21 Å². The van der Waals surface area contributed by atoms with E-state index >= 15 is 0 Å². The third-order valence-corrected chi connectivity index (χ3v) is 5.57. The molecule has 4 fully saturated rings. The molecule has 4 aliphatic rings. The Bertz CT molecular complexity index is 757. The molecule has 1 aliphatic carbocycles. The molecule has 0 spiro atoms. The summed E-state index contributed by atoms with van der Waals surface area (Å²) in [6.45, 7) is 3.37. The Morgan fingerprint density at radius 2 is 2.04 bits per heavy atom. The van der Waals surface area contributed by atoms with Gasteiger partial charge in [0.25, 0.3) is 5.91 Å². The molecule has 2 aromatic rings. The minimum atomic E-state index is 0.0154. The molecule has 3 saturated heterocycles. The van der Waals surface area contributed by atoms with Gasteiger partial charge in [-0.1, -0.05) is 0 Å². The van der Waals surface area contributed by atoms with Gasteiger partial charge in [0.05, 0.1) is 0 Å². The number of oxazole rings is 1. The van der Waals surface area contributed by atoms with Gasteiger partial charge in [0, 0.05) is 24.1 Å². The van der Waals surface area contributed by atoms with Crippen LogP contribution in [0.4, 0.5) is 0 Å². The number of rotatable bonds is 3. The van der Waals surface area contributed by atoms with Crippen molar-refractivity contribution in [2.75, 3.05) is 19.6 Å². The predicted octanol–water partition coefficient (Wildman–Crippen LogP) is 2.53. The second kappa shape index (κ2) is 5.06. The quantitative estimate of drug-likeness (QED) is 0.946. The van der Waals surface area contributed by atoms with Gasteiger partial charge in [0.15, 0.2) is 11.5 Å². The topological polar surface area (TPSA) is 58.4 Å². The molecule has 1 aromatic heterocycles. The zero-order valence-corrected chi connectivity index (χ0v) is 13.1. The predicted molar refractivity (Wildman–Crippen MR) is 86.4 cm³/mol. The van der Waals surface area contributed by atoms with E-state index < -0.39 is 0 Å². The smallest absolute Gasteiger partial charge is 0.251 e. The first-order valence-electron chi connectivity index (χ1n) is 8.70. The van der Waals surface area contributed by atoms with Gasteiger partial charge in [-0.2, -0.15) is 0 Å². The number of amides is 1. The largest absolute Gasteiger partial charge is 0.440 e. The number of hydrogen-bond donors (Lipinski definition) is 1. The summed E-state index contributed by atoms with van der Waals surface area (Å²) in [5.41, 5.74) is 2.27. The summed E-state index contributed by atoms with van der Waals surface area (Å²) in [6.07, 6.45) is 4.75. The van der Waals surface area contributed by atoms with Crippen LogP contribution in [-0.2, 0) is 0 Å². The molecule has 1 amide bonds. The van der Waals surface area contributed by atoms with Crippen LogP contribution in [0.15, 0.2) is 22.6 Å². The number of nitrogens with one attached hydrogen (secondary N) is 1. The minimum absolute atomic E-state index is 0.0154. The molecule has 1 unspecified atom stereocenters. The SMILES string of the molecule is O=C(NC1CN2CCC1CC2)c1ccc2oc(C3CC3)nc2c1. The van der Waals surface area contributed by atoms with Gasteiger partial charge in [0.1, 0.15) is 5.52 Å². The van der Waals surface area contributed by atoms with E-state index in [0.29, 0.717) is 23.4 Å². The Kier molecular flexibility index (Phi) is 2.98. The van der Waals surface area contributed by atoms with Crippen LogP contribution in [0.5, 0.6) is 0 Å². The Labute approximate surface area is 135 Å². The Balaban J connectivity index is 1.35. The van der Waals surface area contributed by atoms with Crippen molar-refractivity contribution in [1.82, 2.24) is 15.2 Å². The standard InChI is InChI=1S/C18H21N3O2/c22-17(19-15-10-21-7-5-11(15)6-8-21)13-3-4-16-14(9-13)20-18(23-16)12-1-2-12/h3-4,9,11-12,15H,1-2,5-8,10H2,(H,19,22). The Morgan fingerprint density at radius 3 is 2.74 bits per heavy atom. The van der Waals surface area contributed by atoms with Gasteiger partial charge < -0.3 is 14.6 Å². The maximum absolute atomic E-state index is 12.6. The zero-order valence-electron chi connectivity index (χ0n) is 13.1. The Hall–Kier alpha value is -1.88. The lowest BCUT2D eigenvalue weighted by Gasteiger charge is -2.44. The van der Waals surface area contributed by atoms with Crippen molar-refractivity contribution >= 4 is 17.0 Å². The summed E-state index contributed by atoms with van der Waals surface area (Å²) in [5, 5.41) is 3.23. The van der Waals surface area contributed by atoms with Crippen LogP contribution >= 0.6 is 0 Å². The second-order valence-electron chi connectivity index (χ2n) is 7.23. The monoisotopic (exact) mass is 311 g/mol. The molecular formula is C18H21N3O2. The summed E-state index contributed by atoms with van der Waals surface area (Å²) in [6, 6.07) is 5.88. The van der Waals surface area contributed by atoms with Gasteiger partial charge in [-0.05, 0) is 62.9 Å². The zero-order chi connectivity index (χ0) is 15.4. The molecule has 3 aliphatic heterocycles. The minimum Gasteiger partial charge on any atom is -0.440 e. The second-order valence-corrected chi connectivity index (χ2v) is 7.23. The van der Waals surface area contributed by atoms with Crippen LogP contribution in [-0.4, -0.2) is 41.5 Å². The molecule has 1 N–H and O–H groups in total. The lowest BCUT2D eigenvalue weighted by atomic mass is 9.84. The number of fused-ring (bicyclic) bond motifs is 4. The molecule has 5 heteroatoms. The van der Waals surface area contributed by atoms with Crippen molar-refractivity contribution in [2.24, 2.45) is 5.92 Å². The highest BCUT2D eigenvalue weighted by molar-refractivity contribution is 5.97. The van der Waals surface area contributed by atoms with E-state index in [4.69, 9.17) is 4.42 Å². The number of aromatic nitrogens is 1. The average molecular weight is 311 g/mol. The van der Waals surface area contributed by atoms with Crippen LogP contribution in [0.3, 0.4) is 0 Å². The number of piperidine rings is 3. The lowest BCUT2D eigenvalue weighted by Crippen LogP contribution is -2.57. The maximum Gasteiger partial charge on any atom is 0.251 e. The fourth-order valence-electron chi connectivity index (χ4n) is 3.97. The van der Waals surface area contributed by atoms with E-state index in [1.807, 2.05) is 18.2 Å². The third-order valence-electron chi connectivity index (χ3n) is 5.57. The summed E-state index contributed by atoms with van der Waals surface area (Å²) >= 11 is 0. The van der Waals surface area contributed by atoms with Crippen molar-refractivity contribution in [3.63, 3.8) is 0 Å². The highest BCUT2D eigenvalue weighted by atomic mass is 16.3. The average Bonchev–Trinajstić information content (AvgIpc) is 3.35. The summed E-state index contributed by atoms with van der Waals surface area (Å²) in [5.74, 6) is 1.98. The van der Waals surface area contributed by atoms with Crippen LogP contribution in [0.25, 0.3) is 11.1 Å². The van der Waals surface area contributed by atoms with E-state index in [1.54, 1.807) is 0 Å². The van der Waals surface area contributed by atoms with Gasteiger partial charge in [-0.25, -0.2) is 4.98 Å². The van der Waals surface area contributed by atoms with Crippen molar-refractivity contribution in [1.29, 1.82) is 0 Å². The number of nitrogens with zero attached hydrogens (tertiary/aromatic N) is 2. The molecule has 23 heavy (non-hydrogen) atoms. The molecule has 1 atom stereocenters. The molecule has 0 radical (unpaired) electrons. The number of hydrogen-bond acceptors (Lipinski definition) is 4. The van der Waals surface area contributed by atoms with Crippen molar-refractivity contribution in [3.8, 4) is 0 Å². The molecule has 4 heterocycles.